The van der Waals surface area contributed by atoms with Gasteiger partial charge in [-0.1, -0.05) is 32.1 Å². The number of amides is 2. The summed E-state index contributed by atoms with van der Waals surface area (Å²) in [5.74, 6) is -0.833. The average Bonchev–Trinajstić information content (AvgIpc) is 2.29. The largest absolute Gasteiger partial charge is 0.481 e. The molecule has 5 nitrogen and oxygen atoms in total. The Morgan fingerprint density at radius 2 is 1.65 bits per heavy atom. The highest BCUT2D eigenvalue weighted by atomic mass is 16.4. The summed E-state index contributed by atoms with van der Waals surface area (Å²) in [7, 11) is 0. The highest BCUT2D eigenvalue weighted by molar-refractivity contribution is 5.75. The van der Waals surface area contributed by atoms with Crippen molar-refractivity contribution in [1.82, 2.24) is 10.6 Å². The van der Waals surface area contributed by atoms with Gasteiger partial charge in [-0.05, 0) is 33.1 Å². The van der Waals surface area contributed by atoms with Crippen LogP contribution in [-0.4, -0.2) is 28.7 Å². The molecule has 116 valence electrons. The second-order valence-corrected chi connectivity index (χ2v) is 6.42. The monoisotopic (exact) mass is 284 g/mol. The molecule has 1 aliphatic carbocycles. The normalized spacial score (nSPS) is 17.9. The number of carboxylic acids is 1. The van der Waals surface area contributed by atoms with Gasteiger partial charge in [0.2, 0.25) is 0 Å². The van der Waals surface area contributed by atoms with Crippen molar-refractivity contribution < 1.29 is 14.7 Å². The molecule has 0 aliphatic heterocycles. The Kier molecular flexibility index (Phi) is 6.82. The third kappa shape index (κ3) is 7.36. The van der Waals surface area contributed by atoms with E-state index < -0.39 is 11.5 Å². The Morgan fingerprint density at radius 1 is 1.10 bits per heavy atom. The van der Waals surface area contributed by atoms with Crippen LogP contribution in [0.4, 0.5) is 4.79 Å². The van der Waals surface area contributed by atoms with Gasteiger partial charge in [-0.2, -0.15) is 0 Å². The lowest BCUT2D eigenvalue weighted by Crippen LogP contribution is -2.51. The first-order chi connectivity index (χ1) is 9.39. The molecule has 0 spiro atoms. The highest BCUT2D eigenvalue weighted by Gasteiger charge is 2.23. The van der Waals surface area contributed by atoms with E-state index in [1.165, 1.54) is 32.1 Å². The molecule has 0 aromatic carbocycles. The smallest absolute Gasteiger partial charge is 0.315 e. The maximum atomic E-state index is 12.0. The Bertz CT molecular complexity index is 321. The second-order valence-electron chi connectivity index (χ2n) is 6.42. The fourth-order valence-electron chi connectivity index (χ4n) is 2.61. The Hall–Kier alpha value is -1.26. The van der Waals surface area contributed by atoms with Crippen molar-refractivity contribution >= 4 is 12.0 Å². The van der Waals surface area contributed by atoms with Crippen molar-refractivity contribution in [2.75, 3.05) is 0 Å². The molecule has 0 unspecified atom stereocenters. The minimum absolute atomic E-state index is 0.0662. The zero-order valence-electron chi connectivity index (χ0n) is 12.7. The number of hydrogen-bond donors (Lipinski definition) is 3. The Morgan fingerprint density at radius 3 is 2.20 bits per heavy atom. The van der Waals surface area contributed by atoms with E-state index in [0.29, 0.717) is 6.42 Å². The summed E-state index contributed by atoms with van der Waals surface area (Å²) in [4.78, 5) is 22.6. The van der Waals surface area contributed by atoms with Crippen LogP contribution in [0, 0.1) is 0 Å². The second kappa shape index (κ2) is 8.12. The summed E-state index contributed by atoms with van der Waals surface area (Å²) in [6, 6.07) is 0.0801. The summed E-state index contributed by atoms with van der Waals surface area (Å²) < 4.78 is 0. The molecular formula is C15H28N2O3. The summed E-state index contributed by atoms with van der Waals surface area (Å²) in [5.41, 5.74) is -0.496. The van der Waals surface area contributed by atoms with E-state index in [2.05, 4.69) is 10.6 Å². The van der Waals surface area contributed by atoms with Crippen LogP contribution in [0.25, 0.3) is 0 Å². The lowest BCUT2D eigenvalue weighted by Gasteiger charge is -2.28. The van der Waals surface area contributed by atoms with Crippen LogP contribution in [0.5, 0.6) is 0 Å². The minimum atomic E-state index is -0.833. The van der Waals surface area contributed by atoms with E-state index in [-0.39, 0.29) is 18.5 Å². The minimum Gasteiger partial charge on any atom is -0.481 e. The molecule has 0 radical (unpaired) electrons. The number of carbonyl (C=O) groups is 2. The Balaban J connectivity index is 2.34. The van der Waals surface area contributed by atoms with Gasteiger partial charge in [0.25, 0.3) is 0 Å². The summed E-state index contributed by atoms with van der Waals surface area (Å²) in [6.07, 6.45) is 8.75. The average molecular weight is 284 g/mol. The summed E-state index contributed by atoms with van der Waals surface area (Å²) >= 11 is 0. The number of aliphatic carboxylic acids is 1. The summed E-state index contributed by atoms with van der Waals surface area (Å²) in [6.45, 7) is 3.71. The van der Waals surface area contributed by atoms with Crippen molar-refractivity contribution in [2.45, 2.75) is 83.2 Å². The fourth-order valence-corrected chi connectivity index (χ4v) is 2.61. The zero-order valence-corrected chi connectivity index (χ0v) is 12.7. The molecule has 1 aliphatic rings. The number of carbonyl (C=O) groups excluding carboxylic acids is 1. The fraction of sp³-hybridized carbons (Fsp3) is 0.867. The molecule has 0 saturated heterocycles. The van der Waals surface area contributed by atoms with Crippen LogP contribution in [0.3, 0.4) is 0 Å². The van der Waals surface area contributed by atoms with Crippen LogP contribution in [0.15, 0.2) is 0 Å². The molecule has 0 bridgehead atoms. The zero-order chi connectivity index (χ0) is 15.0. The number of rotatable bonds is 5. The van der Waals surface area contributed by atoms with Gasteiger partial charge < -0.3 is 15.7 Å². The van der Waals surface area contributed by atoms with Crippen LogP contribution >= 0.6 is 0 Å². The quantitative estimate of drug-likeness (QED) is 0.726. The lowest BCUT2D eigenvalue weighted by atomic mass is 9.96. The van der Waals surface area contributed by atoms with E-state index in [1.807, 2.05) is 13.8 Å². The third-order valence-electron chi connectivity index (χ3n) is 3.86. The standard InChI is InChI=1S/C15H28N2O3/c1-15(2,11-10-13(18)19)17-14(20)16-12-8-6-4-3-5-7-9-12/h12H,3-11H2,1-2H3,(H,18,19)(H2,16,17,20). The van der Waals surface area contributed by atoms with Crippen LogP contribution in [-0.2, 0) is 4.79 Å². The molecule has 1 rings (SSSR count). The maximum absolute atomic E-state index is 12.0. The van der Waals surface area contributed by atoms with E-state index >= 15 is 0 Å². The molecule has 0 atom stereocenters. The lowest BCUT2D eigenvalue weighted by molar-refractivity contribution is -0.137. The molecule has 2 amide bonds. The molecule has 3 N–H and O–H groups in total. The maximum Gasteiger partial charge on any atom is 0.315 e. The number of nitrogens with one attached hydrogen (secondary N) is 2. The van der Waals surface area contributed by atoms with Crippen molar-refractivity contribution in [3.05, 3.63) is 0 Å². The van der Waals surface area contributed by atoms with Crippen LogP contribution < -0.4 is 10.6 Å². The first kappa shape index (κ1) is 16.8. The van der Waals surface area contributed by atoms with Crippen molar-refractivity contribution in [1.29, 1.82) is 0 Å². The van der Waals surface area contributed by atoms with Crippen LogP contribution in [0.2, 0.25) is 0 Å². The molecule has 1 fully saturated rings. The number of urea groups is 1. The molecule has 0 aromatic heterocycles. The molecular weight excluding hydrogens is 256 g/mol. The van der Waals surface area contributed by atoms with Gasteiger partial charge in [0.15, 0.2) is 0 Å². The van der Waals surface area contributed by atoms with Crippen molar-refractivity contribution in [3.8, 4) is 0 Å². The predicted octanol–water partition coefficient (Wildman–Crippen LogP) is 3.04. The number of hydrogen-bond acceptors (Lipinski definition) is 2. The summed E-state index contributed by atoms with van der Waals surface area (Å²) in [5, 5.41) is 14.6. The van der Waals surface area contributed by atoms with E-state index in [9.17, 15) is 9.59 Å². The van der Waals surface area contributed by atoms with Gasteiger partial charge >= 0.3 is 12.0 Å². The first-order valence-electron chi connectivity index (χ1n) is 7.69. The van der Waals surface area contributed by atoms with Crippen molar-refractivity contribution in [3.63, 3.8) is 0 Å². The van der Waals surface area contributed by atoms with Gasteiger partial charge in [-0.25, -0.2) is 4.79 Å². The van der Waals surface area contributed by atoms with Gasteiger partial charge in [0.1, 0.15) is 0 Å². The van der Waals surface area contributed by atoms with Gasteiger partial charge in [-0.3, -0.25) is 4.79 Å². The predicted molar refractivity (Wildman–Crippen MR) is 78.7 cm³/mol. The first-order valence-corrected chi connectivity index (χ1v) is 7.69. The van der Waals surface area contributed by atoms with Crippen LogP contribution in [0.1, 0.15) is 71.6 Å². The van der Waals surface area contributed by atoms with Crippen molar-refractivity contribution in [2.24, 2.45) is 0 Å². The highest BCUT2D eigenvalue weighted by Crippen LogP contribution is 2.17. The SMILES string of the molecule is CC(C)(CCC(=O)O)NC(=O)NC1CCCCCCC1. The van der Waals surface area contributed by atoms with E-state index in [1.54, 1.807) is 0 Å². The van der Waals surface area contributed by atoms with Gasteiger partial charge in [-0.15, -0.1) is 0 Å². The molecule has 5 heteroatoms. The topological polar surface area (TPSA) is 78.4 Å². The molecule has 0 aromatic rings. The van der Waals surface area contributed by atoms with E-state index in [4.69, 9.17) is 5.11 Å². The third-order valence-corrected chi connectivity index (χ3v) is 3.86. The van der Waals surface area contributed by atoms with Gasteiger partial charge in [0, 0.05) is 18.0 Å². The molecule has 0 heterocycles. The molecule has 1 saturated carbocycles. The number of carboxylic acid groups (broad SMARTS) is 1. The molecule has 20 heavy (non-hydrogen) atoms. The van der Waals surface area contributed by atoms with E-state index in [0.717, 1.165) is 12.8 Å². The van der Waals surface area contributed by atoms with Gasteiger partial charge in [0.05, 0.1) is 0 Å². The Labute approximate surface area is 121 Å².